The summed E-state index contributed by atoms with van der Waals surface area (Å²) in [5.41, 5.74) is 1.11. The number of hydrazone groups is 1. The molecular formula is C15H13Cl2N5O. The smallest absolute Gasteiger partial charge is 0.275 e. The van der Waals surface area contributed by atoms with Gasteiger partial charge in [0.05, 0.1) is 22.3 Å². The number of hydrogen-bond acceptors (Lipinski definition) is 5. The van der Waals surface area contributed by atoms with E-state index in [2.05, 4.69) is 20.4 Å². The van der Waals surface area contributed by atoms with Gasteiger partial charge in [0.1, 0.15) is 17.9 Å². The maximum Gasteiger partial charge on any atom is 0.275 e. The Labute approximate surface area is 143 Å². The van der Waals surface area contributed by atoms with E-state index in [-0.39, 0.29) is 11.8 Å². The normalized spacial score (nSPS) is 17.1. The minimum Gasteiger partial charge on any atom is -0.307 e. The van der Waals surface area contributed by atoms with Crippen LogP contribution < -0.4 is 10.3 Å². The van der Waals surface area contributed by atoms with Crippen molar-refractivity contribution in [2.45, 2.75) is 6.92 Å². The molecule has 1 aliphatic rings. The lowest BCUT2D eigenvalue weighted by Gasteiger charge is -2.14. The Balaban J connectivity index is 1.77. The molecule has 0 spiro atoms. The Kier molecular flexibility index (Phi) is 4.45. The number of aromatic nitrogens is 2. The summed E-state index contributed by atoms with van der Waals surface area (Å²) in [5.74, 6) is 0.337. The summed E-state index contributed by atoms with van der Waals surface area (Å²) in [5, 5.41) is 9.97. The Bertz CT molecular complexity index is 766. The largest absolute Gasteiger partial charge is 0.307 e. The quantitative estimate of drug-likeness (QED) is 0.904. The summed E-state index contributed by atoms with van der Waals surface area (Å²) >= 11 is 12.0. The number of nitrogens with zero attached hydrogens (tertiary/aromatic N) is 4. The zero-order chi connectivity index (χ0) is 16.4. The fourth-order valence-corrected chi connectivity index (χ4v) is 2.47. The van der Waals surface area contributed by atoms with Crippen LogP contribution in [0.4, 0.5) is 5.69 Å². The molecule has 1 aliphatic heterocycles. The number of benzene rings is 1. The number of amidine groups is 1. The van der Waals surface area contributed by atoms with Crippen LogP contribution in [0.1, 0.15) is 17.4 Å². The van der Waals surface area contributed by atoms with Gasteiger partial charge in [-0.05, 0) is 24.3 Å². The highest BCUT2D eigenvalue weighted by atomic mass is 35.5. The van der Waals surface area contributed by atoms with Gasteiger partial charge in [-0.2, -0.15) is 5.10 Å². The zero-order valence-corrected chi connectivity index (χ0v) is 13.7. The molecule has 1 N–H and O–H groups in total. The van der Waals surface area contributed by atoms with E-state index in [0.717, 1.165) is 5.69 Å². The molecule has 1 aromatic heterocycles. The molecule has 3 rings (SSSR count). The summed E-state index contributed by atoms with van der Waals surface area (Å²) in [4.78, 5) is 19.9. The predicted octanol–water partition coefficient (Wildman–Crippen LogP) is 2.98. The minimum absolute atomic E-state index is 0.0650. The zero-order valence-electron chi connectivity index (χ0n) is 12.2. The van der Waals surface area contributed by atoms with Crippen molar-refractivity contribution in [3.05, 3.63) is 52.5 Å². The van der Waals surface area contributed by atoms with Crippen LogP contribution in [0.15, 0.2) is 41.9 Å². The average molecular weight is 350 g/mol. The number of rotatable bonds is 2. The SMILES string of the molecule is C[C@H]1CN(c2ccc(Cl)c(Cl)c2)N=C1NC(=O)c1ccncn1. The van der Waals surface area contributed by atoms with Crippen LogP contribution in [0.5, 0.6) is 0 Å². The Morgan fingerprint density at radius 1 is 1.30 bits per heavy atom. The second-order valence-corrected chi connectivity index (χ2v) is 5.93. The summed E-state index contributed by atoms with van der Waals surface area (Å²) in [7, 11) is 0. The second-order valence-electron chi connectivity index (χ2n) is 5.12. The van der Waals surface area contributed by atoms with Gasteiger partial charge in [0, 0.05) is 12.1 Å². The molecule has 0 radical (unpaired) electrons. The first kappa shape index (κ1) is 15.7. The van der Waals surface area contributed by atoms with E-state index in [4.69, 9.17) is 23.2 Å². The van der Waals surface area contributed by atoms with Gasteiger partial charge >= 0.3 is 0 Å². The lowest BCUT2D eigenvalue weighted by atomic mass is 10.1. The molecule has 1 atom stereocenters. The molecule has 8 heteroatoms. The molecule has 2 aromatic rings. The minimum atomic E-state index is -0.311. The second kappa shape index (κ2) is 6.52. The van der Waals surface area contributed by atoms with Crippen molar-refractivity contribution in [1.29, 1.82) is 0 Å². The molecule has 0 bridgehead atoms. The number of nitrogens with one attached hydrogen (secondary N) is 1. The highest BCUT2D eigenvalue weighted by Crippen LogP contribution is 2.29. The van der Waals surface area contributed by atoms with E-state index >= 15 is 0 Å². The van der Waals surface area contributed by atoms with Gasteiger partial charge in [-0.25, -0.2) is 9.97 Å². The van der Waals surface area contributed by atoms with Gasteiger partial charge in [0.25, 0.3) is 5.91 Å². The van der Waals surface area contributed by atoms with Crippen LogP contribution in [-0.2, 0) is 0 Å². The molecule has 0 fully saturated rings. The molecule has 6 nitrogen and oxygen atoms in total. The molecule has 23 heavy (non-hydrogen) atoms. The molecule has 2 heterocycles. The summed E-state index contributed by atoms with van der Waals surface area (Å²) < 4.78 is 0. The van der Waals surface area contributed by atoms with Gasteiger partial charge in [-0.15, -0.1) is 0 Å². The third kappa shape index (κ3) is 3.43. The third-order valence-corrected chi connectivity index (χ3v) is 4.14. The highest BCUT2D eigenvalue weighted by Gasteiger charge is 2.26. The summed E-state index contributed by atoms with van der Waals surface area (Å²) in [6.07, 6.45) is 2.85. The Morgan fingerprint density at radius 2 is 2.13 bits per heavy atom. The first-order valence-corrected chi connectivity index (χ1v) is 7.68. The van der Waals surface area contributed by atoms with Crippen LogP contribution in [0.3, 0.4) is 0 Å². The molecule has 0 saturated carbocycles. The fraction of sp³-hybridized carbons (Fsp3) is 0.200. The van der Waals surface area contributed by atoms with E-state index in [9.17, 15) is 4.79 Å². The molecule has 118 valence electrons. The fourth-order valence-electron chi connectivity index (χ4n) is 2.18. The summed E-state index contributed by atoms with van der Waals surface area (Å²) in [6.45, 7) is 2.62. The molecular weight excluding hydrogens is 337 g/mol. The average Bonchev–Trinajstić information content (AvgIpc) is 2.92. The topological polar surface area (TPSA) is 70.5 Å². The van der Waals surface area contributed by atoms with Crippen molar-refractivity contribution in [1.82, 2.24) is 15.3 Å². The van der Waals surface area contributed by atoms with Gasteiger partial charge in [0.15, 0.2) is 0 Å². The van der Waals surface area contributed by atoms with Crippen molar-refractivity contribution in [3.8, 4) is 0 Å². The van der Waals surface area contributed by atoms with Crippen molar-refractivity contribution >= 4 is 40.6 Å². The molecule has 1 amide bonds. The number of halogens is 2. The Morgan fingerprint density at radius 3 is 2.83 bits per heavy atom. The highest BCUT2D eigenvalue weighted by molar-refractivity contribution is 6.42. The van der Waals surface area contributed by atoms with E-state index in [0.29, 0.717) is 28.1 Å². The maximum absolute atomic E-state index is 12.1. The van der Waals surface area contributed by atoms with Crippen molar-refractivity contribution < 1.29 is 4.79 Å². The Hall–Kier alpha value is -2.18. The first-order chi connectivity index (χ1) is 11.0. The van der Waals surface area contributed by atoms with Crippen LogP contribution in [0.25, 0.3) is 0 Å². The molecule has 1 aromatic carbocycles. The number of amides is 1. The van der Waals surface area contributed by atoms with E-state index in [1.165, 1.54) is 12.5 Å². The predicted molar refractivity (Wildman–Crippen MR) is 89.9 cm³/mol. The standard InChI is InChI=1S/C15H13Cl2N5O/c1-9-7-22(10-2-3-11(16)12(17)6-10)21-14(9)20-15(23)13-4-5-18-8-19-13/h2-6,8-9H,7H2,1H3,(H,20,21,23)/t9-/m0/s1. The number of anilines is 1. The van der Waals surface area contributed by atoms with Crippen LogP contribution in [-0.4, -0.2) is 28.3 Å². The molecule has 0 aliphatic carbocycles. The number of carbonyl (C=O) groups is 1. The van der Waals surface area contributed by atoms with E-state index in [1.807, 2.05) is 13.0 Å². The van der Waals surface area contributed by atoms with Crippen molar-refractivity contribution in [3.63, 3.8) is 0 Å². The van der Waals surface area contributed by atoms with Crippen LogP contribution >= 0.6 is 23.2 Å². The first-order valence-electron chi connectivity index (χ1n) is 6.93. The monoisotopic (exact) mass is 349 g/mol. The van der Waals surface area contributed by atoms with Gasteiger partial charge in [-0.3, -0.25) is 9.80 Å². The molecule has 0 unspecified atom stereocenters. The number of hydrogen-bond donors (Lipinski definition) is 1. The number of carbonyl (C=O) groups excluding carboxylic acids is 1. The van der Waals surface area contributed by atoms with Crippen molar-refractivity contribution in [2.24, 2.45) is 11.0 Å². The van der Waals surface area contributed by atoms with Crippen LogP contribution in [0.2, 0.25) is 10.0 Å². The van der Waals surface area contributed by atoms with Gasteiger partial charge < -0.3 is 5.32 Å². The van der Waals surface area contributed by atoms with Crippen molar-refractivity contribution in [2.75, 3.05) is 11.6 Å². The van der Waals surface area contributed by atoms with Gasteiger partial charge in [0.2, 0.25) is 0 Å². The van der Waals surface area contributed by atoms with Gasteiger partial charge in [-0.1, -0.05) is 30.1 Å². The lowest BCUT2D eigenvalue weighted by Crippen LogP contribution is -2.34. The maximum atomic E-state index is 12.1. The van der Waals surface area contributed by atoms with E-state index in [1.54, 1.807) is 23.2 Å². The molecule has 0 saturated heterocycles. The third-order valence-electron chi connectivity index (χ3n) is 3.40. The lowest BCUT2D eigenvalue weighted by molar-refractivity contribution is 0.0970. The van der Waals surface area contributed by atoms with E-state index < -0.39 is 0 Å². The van der Waals surface area contributed by atoms with Crippen LogP contribution in [0, 0.1) is 5.92 Å². The summed E-state index contributed by atoms with van der Waals surface area (Å²) in [6, 6.07) is 6.85.